The van der Waals surface area contributed by atoms with Gasteiger partial charge in [-0.3, -0.25) is 9.59 Å². The zero-order chi connectivity index (χ0) is 33.6. The van der Waals surface area contributed by atoms with Crippen molar-refractivity contribution in [3.63, 3.8) is 0 Å². The molecule has 10 heteroatoms. The molecule has 0 bridgehead atoms. The molecule has 2 atom stereocenters. The number of aromatic nitrogens is 1. The van der Waals surface area contributed by atoms with E-state index in [0.29, 0.717) is 41.3 Å². The predicted molar refractivity (Wildman–Crippen MR) is 181 cm³/mol. The summed E-state index contributed by atoms with van der Waals surface area (Å²) in [5, 5.41) is 4.20. The van der Waals surface area contributed by atoms with Crippen LogP contribution in [0.15, 0.2) is 72.8 Å². The Hall–Kier alpha value is -3.92. The third-order valence-electron chi connectivity index (χ3n) is 10.2. The fourth-order valence-corrected chi connectivity index (χ4v) is 8.57. The minimum atomic E-state index is -4.47. The molecule has 0 spiro atoms. The van der Waals surface area contributed by atoms with Gasteiger partial charge in [0, 0.05) is 35.2 Å². The van der Waals surface area contributed by atoms with Gasteiger partial charge in [0.2, 0.25) is 11.8 Å². The van der Waals surface area contributed by atoms with Crippen LogP contribution in [0.25, 0.3) is 10.9 Å². The molecule has 1 aliphatic heterocycles. The van der Waals surface area contributed by atoms with Crippen LogP contribution in [0.3, 0.4) is 0 Å². The number of carbonyl (C=O) groups excluding carboxylic acids is 2. The molecule has 3 aromatic carbocycles. The largest absolute Gasteiger partial charge is 0.497 e. The number of hydrogen-bond donors (Lipinski definition) is 2. The van der Waals surface area contributed by atoms with Crippen LogP contribution in [-0.4, -0.2) is 45.9 Å². The molecule has 0 unspecified atom stereocenters. The Morgan fingerprint density at radius 1 is 1.00 bits per heavy atom. The molecule has 2 heterocycles. The van der Waals surface area contributed by atoms with Crippen molar-refractivity contribution >= 4 is 40.2 Å². The smallest absolute Gasteiger partial charge is 0.416 e. The monoisotopic (exact) mass is 663 g/mol. The Morgan fingerprint density at radius 3 is 2.30 bits per heavy atom. The van der Waals surface area contributed by atoms with Crippen molar-refractivity contribution in [2.75, 3.05) is 23.9 Å². The summed E-state index contributed by atoms with van der Waals surface area (Å²) in [4.78, 5) is 34.2. The first-order valence-electron chi connectivity index (χ1n) is 15.9. The molecule has 1 saturated heterocycles. The number of aryl methyl sites for hydroxylation is 1. The molecule has 0 radical (unpaired) electrons. The molecule has 2 fully saturated rings. The Bertz CT molecular complexity index is 1760. The third-order valence-corrected chi connectivity index (χ3v) is 11.2. The number of rotatable bonds is 9. The predicted octanol–water partition coefficient (Wildman–Crippen LogP) is 8.57. The number of aromatic amines is 1. The number of hydrogen-bond acceptors (Lipinski definition) is 4. The van der Waals surface area contributed by atoms with Gasteiger partial charge in [0.15, 0.2) is 0 Å². The van der Waals surface area contributed by atoms with E-state index < -0.39 is 17.3 Å². The van der Waals surface area contributed by atoms with Crippen molar-refractivity contribution < 1.29 is 27.5 Å². The van der Waals surface area contributed by atoms with E-state index in [9.17, 15) is 22.8 Å². The van der Waals surface area contributed by atoms with Crippen molar-refractivity contribution in [2.45, 2.75) is 64.2 Å². The van der Waals surface area contributed by atoms with Crippen LogP contribution in [0, 0.1) is 18.3 Å². The maximum absolute atomic E-state index is 14.7. The second kappa shape index (κ2) is 12.6. The van der Waals surface area contributed by atoms with Gasteiger partial charge in [-0.05, 0) is 102 Å². The van der Waals surface area contributed by atoms with Crippen LogP contribution in [0.5, 0.6) is 5.75 Å². The highest BCUT2D eigenvalue weighted by atomic mass is 32.2. The molecular weight excluding hydrogens is 623 g/mol. The number of nitrogens with zero attached hydrogens (tertiary/aromatic N) is 1. The summed E-state index contributed by atoms with van der Waals surface area (Å²) >= 11 is 1.73. The maximum Gasteiger partial charge on any atom is 0.416 e. The number of anilines is 1. The summed E-state index contributed by atoms with van der Waals surface area (Å²) in [5.41, 5.74) is 2.40. The van der Waals surface area contributed by atoms with Crippen molar-refractivity contribution in [1.82, 2.24) is 9.88 Å². The maximum atomic E-state index is 14.7. The van der Waals surface area contributed by atoms with E-state index in [4.69, 9.17) is 4.74 Å². The number of thioether (sulfide) groups is 1. The average Bonchev–Trinajstić information content (AvgIpc) is 3.40. The fourth-order valence-electron chi connectivity index (χ4n) is 7.41. The Morgan fingerprint density at radius 2 is 1.66 bits per heavy atom. The lowest BCUT2D eigenvalue weighted by Crippen LogP contribution is -2.60. The second-order valence-corrected chi connectivity index (χ2v) is 14.5. The lowest BCUT2D eigenvalue weighted by molar-refractivity contribution is -0.147. The van der Waals surface area contributed by atoms with Gasteiger partial charge in [0.1, 0.15) is 11.3 Å². The molecular formula is C37H40F3N3O3S. The first-order valence-corrected chi connectivity index (χ1v) is 17.1. The number of ether oxygens (including phenoxy) is 1. The van der Waals surface area contributed by atoms with Gasteiger partial charge in [0.05, 0.1) is 12.7 Å². The number of amides is 2. The highest BCUT2D eigenvalue weighted by molar-refractivity contribution is 7.99. The van der Waals surface area contributed by atoms with E-state index in [2.05, 4.69) is 43.2 Å². The van der Waals surface area contributed by atoms with Crippen LogP contribution in [0.2, 0.25) is 0 Å². The molecule has 1 aliphatic carbocycles. The number of fused-ring (bicyclic) bond motifs is 1. The molecule has 6 nitrogen and oxygen atoms in total. The van der Waals surface area contributed by atoms with E-state index >= 15 is 0 Å². The Kier molecular flexibility index (Phi) is 8.84. The topological polar surface area (TPSA) is 74.4 Å². The highest BCUT2D eigenvalue weighted by Crippen LogP contribution is 2.67. The summed E-state index contributed by atoms with van der Waals surface area (Å²) in [6, 6.07) is 20.1. The standard InChI is InChI=1S/C37H40F3N3O3S/c1-23-32(28-7-5-6-8-30(28)41-23)33-29(35(33,2)3)21-31(44)43(22-24-9-11-25(12-10-24)37(38,39)40)36(17-19-47-20-18-36)34(45)42-26-13-15-27(46-4)16-14-26/h5-16,29,33,41H,17-22H2,1-4H3,(H,42,45)/t29-,33-/m1/s1. The molecule has 4 aromatic rings. The summed E-state index contributed by atoms with van der Waals surface area (Å²) < 4.78 is 45.4. The first-order chi connectivity index (χ1) is 22.3. The molecule has 2 N–H and O–H groups in total. The number of H-pyrrole nitrogens is 1. The summed E-state index contributed by atoms with van der Waals surface area (Å²) in [6.45, 7) is 6.46. The van der Waals surface area contributed by atoms with Gasteiger partial charge < -0.3 is 19.9 Å². The van der Waals surface area contributed by atoms with Crippen LogP contribution in [0.1, 0.15) is 61.4 Å². The first kappa shape index (κ1) is 33.0. The van der Waals surface area contributed by atoms with E-state index in [1.165, 1.54) is 17.7 Å². The molecule has 248 valence electrons. The number of carbonyl (C=O) groups is 2. The number of nitrogens with one attached hydrogen (secondary N) is 2. The van der Waals surface area contributed by atoms with Crippen molar-refractivity contribution in [3.05, 3.63) is 95.2 Å². The summed E-state index contributed by atoms with van der Waals surface area (Å²) in [5.74, 6) is 1.72. The fraction of sp³-hybridized carbons (Fsp3) is 0.405. The minimum absolute atomic E-state index is 0.0294. The molecule has 2 amide bonds. The average molecular weight is 664 g/mol. The van der Waals surface area contributed by atoms with Crippen molar-refractivity contribution in [1.29, 1.82) is 0 Å². The van der Waals surface area contributed by atoms with Gasteiger partial charge in [-0.15, -0.1) is 0 Å². The highest BCUT2D eigenvalue weighted by Gasteiger charge is 2.60. The van der Waals surface area contributed by atoms with Crippen molar-refractivity contribution in [3.8, 4) is 5.75 Å². The zero-order valence-electron chi connectivity index (χ0n) is 27.0. The van der Waals surface area contributed by atoms with Crippen LogP contribution >= 0.6 is 11.8 Å². The molecule has 47 heavy (non-hydrogen) atoms. The number of alkyl halides is 3. The number of halogens is 3. The molecule has 1 aromatic heterocycles. The van der Waals surface area contributed by atoms with Gasteiger partial charge in [-0.1, -0.05) is 44.2 Å². The third kappa shape index (κ3) is 6.36. The zero-order valence-corrected chi connectivity index (χ0v) is 27.9. The molecule has 6 rings (SSSR count). The Balaban J connectivity index is 1.34. The SMILES string of the molecule is COc1ccc(NC(=O)C2(N(Cc3ccc(C(F)(F)F)cc3)C(=O)C[C@@H]3[C@H](c4c(C)[nH]c5ccccc45)C3(C)C)CCSCC2)cc1. The quantitative estimate of drug-likeness (QED) is 0.188. The normalized spacial score (nSPS) is 20.1. The summed E-state index contributed by atoms with van der Waals surface area (Å²) in [7, 11) is 1.57. The van der Waals surface area contributed by atoms with Crippen molar-refractivity contribution in [2.24, 2.45) is 11.3 Å². The van der Waals surface area contributed by atoms with Gasteiger partial charge in [-0.2, -0.15) is 24.9 Å². The van der Waals surface area contributed by atoms with E-state index in [1.807, 2.05) is 12.1 Å². The number of para-hydroxylation sites is 1. The number of methoxy groups -OCH3 is 1. The van der Waals surface area contributed by atoms with Crippen LogP contribution in [-0.2, 0) is 22.3 Å². The number of benzene rings is 3. The lowest BCUT2D eigenvalue weighted by Gasteiger charge is -2.45. The van der Waals surface area contributed by atoms with Gasteiger partial charge in [0.25, 0.3) is 0 Å². The van der Waals surface area contributed by atoms with Gasteiger partial charge >= 0.3 is 6.18 Å². The van der Waals surface area contributed by atoms with Crippen LogP contribution in [0.4, 0.5) is 18.9 Å². The molecule has 2 aliphatic rings. The lowest BCUT2D eigenvalue weighted by atomic mass is 9.87. The van der Waals surface area contributed by atoms with Crippen LogP contribution < -0.4 is 10.1 Å². The van der Waals surface area contributed by atoms with Gasteiger partial charge in [-0.25, -0.2) is 0 Å². The van der Waals surface area contributed by atoms with E-state index in [0.717, 1.165) is 28.7 Å². The molecule has 1 saturated carbocycles. The van der Waals surface area contributed by atoms with E-state index in [-0.39, 0.29) is 42.0 Å². The Labute approximate surface area is 277 Å². The summed E-state index contributed by atoms with van der Waals surface area (Å²) in [6.07, 6.45) is -3.38. The van der Waals surface area contributed by atoms with E-state index in [1.54, 1.807) is 48.0 Å². The second-order valence-electron chi connectivity index (χ2n) is 13.3. The minimum Gasteiger partial charge on any atom is -0.497 e.